The highest BCUT2D eigenvalue weighted by molar-refractivity contribution is 6.31. The molecule has 7 heteroatoms. The summed E-state index contributed by atoms with van der Waals surface area (Å²) in [7, 11) is 0. The molecule has 4 aromatic rings. The van der Waals surface area contributed by atoms with Crippen molar-refractivity contribution in [3.8, 4) is 5.75 Å². The molecule has 0 spiro atoms. The molecule has 1 atom stereocenters. The van der Waals surface area contributed by atoms with Gasteiger partial charge in [-0.3, -0.25) is 4.79 Å². The van der Waals surface area contributed by atoms with E-state index in [2.05, 4.69) is 4.98 Å². The second-order valence-electron chi connectivity index (χ2n) is 8.01. The SMILES string of the molecule is CCOC(COc1ccc(C=O)cc1C(=O)O)c1cccc(/C=C/c2ccc3ccc(Cl)cc3n2)c1. The van der Waals surface area contributed by atoms with Crippen LogP contribution in [0.1, 0.15) is 50.6 Å². The van der Waals surface area contributed by atoms with E-state index >= 15 is 0 Å². The average Bonchev–Trinajstić information content (AvgIpc) is 2.89. The average molecular weight is 502 g/mol. The second-order valence-corrected chi connectivity index (χ2v) is 8.45. The molecule has 0 saturated heterocycles. The van der Waals surface area contributed by atoms with Crippen molar-refractivity contribution in [1.29, 1.82) is 0 Å². The molecule has 0 bridgehead atoms. The van der Waals surface area contributed by atoms with Crippen LogP contribution < -0.4 is 4.74 Å². The fraction of sp³-hybridized carbons (Fsp3) is 0.138. The number of carbonyl (C=O) groups excluding carboxylic acids is 1. The summed E-state index contributed by atoms with van der Waals surface area (Å²) in [5.74, 6) is -0.991. The molecule has 36 heavy (non-hydrogen) atoms. The van der Waals surface area contributed by atoms with Gasteiger partial charge in [0.1, 0.15) is 30.3 Å². The number of benzene rings is 3. The monoisotopic (exact) mass is 501 g/mol. The van der Waals surface area contributed by atoms with Gasteiger partial charge >= 0.3 is 5.97 Å². The molecule has 0 aliphatic carbocycles. The van der Waals surface area contributed by atoms with Crippen molar-refractivity contribution in [2.75, 3.05) is 13.2 Å². The van der Waals surface area contributed by atoms with Crippen molar-refractivity contribution >= 4 is 46.9 Å². The van der Waals surface area contributed by atoms with Gasteiger partial charge in [0, 0.05) is 22.6 Å². The molecule has 1 aromatic heterocycles. The number of aldehydes is 1. The number of rotatable bonds is 10. The zero-order valence-electron chi connectivity index (χ0n) is 19.6. The Balaban J connectivity index is 1.52. The maximum absolute atomic E-state index is 11.6. The molecule has 0 radical (unpaired) electrons. The van der Waals surface area contributed by atoms with Gasteiger partial charge in [0.15, 0.2) is 0 Å². The zero-order valence-corrected chi connectivity index (χ0v) is 20.3. The highest BCUT2D eigenvalue weighted by Gasteiger charge is 2.17. The molecule has 6 nitrogen and oxygen atoms in total. The Labute approximate surface area is 213 Å². The lowest BCUT2D eigenvalue weighted by Gasteiger charge is -2.19. The number of aromatic carboxylic acids is 1. The van der Waals surface area contributed by atoms with Gasteiger partial charge in [-0.15, -0.1) is 0 Å². The van der Waals surface area contributed by atoms with Crippen LogP contribution in [0.25, 0.3) is 23.1 Å². The van der Waals surface area contributed by atoms with Crippen LogP contribution in [0.4, 0.5) is 0 Å². The minimum Gasteiger partial charge on any atom is -0.490 e. The molecule has 1 heterocycles. The number of pyridine rings is 1. The topological polar surface area (TPSA) is 85.7 Å². The number of hydrogen-bond donors (Lipinski definition) is 1. The maximum Gasteiger partial charge on any atom is 0.339 e. The quantitative estimate of drug-likeness (QED) is 0.242. The van der Waals surface area contributed by atoms with Crippen LogP contribution in [-0.2, 0) is 4.74 Å². The fourth-order valence-corrected chi connectivity index (χ4v) is 3.93. The lowest BCUT2D eigenvalue weighted by atomic mass is 10.1. The summed E-state index contributed by atoms with van der Waals surface area (Å²) in [6, 6.07) is 21.7. The Morgan fingerprint density at radius 1 is 1.03 bits per heavy atom. The Hall–Kier alpha value is -4.00. The van der Waals surface area contributed by atoms with E-state index in [0.717, 1.165) is 27.7 Å². The number of carbonyl (C=O) groups is 2. The Morgan fingerprint density at radius 2 is 1.86 bits per heavy atom. The van der Waals surface area contributed by atoms with Crippen molar-refractivity contribution in [1.82, 2.24) is 4.98 Å². The van der Waals surface area contributed by atoms with Crippen molar-refractivity contribution in [3.05, 3.63) is 106 Å². The van der Waals surface area contributed by atoms with Crippen molar-refractivity contribution in [3.63, 3.8) is 0 Å². The van der Waals surface area contributed by atoms with Gasteiger partial charge in [-0.05, 0) is 66.6 Å². The number of aromatic nitrogens is 1. The predicted molar refractivity (Wildman–Crippen MR) is 141 cm³/mol. The molecule has 0 aliphatic heterocycles. The first-order valence-electron chi connectivity index (χ1n) is 11.4. The van der Waals surface area contributed by atoms with Crippen LogP contribution in [0.15, 0.2) is 72.8 Å². The number of carboxylic acid groups (broad SMARTS) is 1. The normalized spacial score (nSPS) is 12.1. The highest BCUT2D eigenvalue weighted by Crippen LogP contribution is 2.25. The van der Waals surface area contributed by atoms with E-state index in [0.29, 0.717) is 17.9 Å². The highest BCUT2D eigenvalue weighted by atomic mass is 35.5. The molecule has 0 amide bonds. The van der Waals surface area contributed by atoms with Gasteiger partial charge in [-0.25, -0.2) is 9.78 Å². The Bertz CT molecular complexity index is 1430. The summed E-state index contributed by atoms with van der Waals surface area (Å²) < 4.78 is 11.7. The smallest absolute Gasteiger partial charge is 0.339 e. The molecular formula is C29H24ClNO5. The molecule has 0 fully saturated rings. The van der Waals surface area contributed by atoms with Crippen molar-refractivity contribution in [2.24, 2.45) is 0 Å². The van der Waals surface area contributed by atoms with Crippen molar-refractivity contribution in [2.45, 2.75) is 13.0 Å². The van der Waals surface area contributed by atoms with Crippen molar-refractivity contribution < 1.29 is 24.2 Å². The Morgan fingerprint density at radius 3 is 2.64 bits per heavy atom. The first-order valence-corrected chi connectivity index (χ1v) is 11.8. The number of hydrogen-bond acceptors (Lipinski definition) is 5. The molecule has 1 unspecified atom stereocenters. The van der Waals surface area contributed by atoms with Gasteiger partial charge in [0.25, 0.3) is 0 Å². The molecule has 0 saturated carbocycles. The third-order valence-electron chi connectivity index (χ3n) is 5.53. The lowest BCUT2D eigenvalue weighted by molar-refractivity contribution is 0.0260. The summed E-state index contributed by atoms with van der Waals surface area (Å²) in [5, 5.41) is 11.1. The van der Waals surface area contributed by atoms with Crippen LogP contribution in [0, 0.1) is 0 Å². The van der Waals surface area contributed by atoms with Crippen LogP contribution >= 0.6 is 11.6 Å². The van der Waals surface area contributed by atoms with E-state index in [-0.39, 0.29) is 23.5 Å². The maximum atomic E-state index is 11.6. The first kappa shape index (κ1) is 25.1. The number of halogens is 1. The molecule has 0 aliphatic rings. The minimum absolute atomic E-state index is 0.0734. The third kappa shape index (κ3) is 6.16. The van der Waals surface area contributed by atoms with E-state index in [9.17, 15) is 14.7 Å². The van der Waals surface area contributed by atoms with Crippen LogP contribution in [0.3, 0.4) is 0 Å². The van der Waals surface area contributed by atoms with Gasteiger partial charge in [0.05, 0.1) is 11.2 Å². The molecule has 1 N–H and O–H groups in total. The van der Waals surface area contributed by atoms with E-state index in [1.807, 2.05) is 73.7 Å². The van der Waals surface area contributed by atoms with Gasteiger partial charge in [0.2, 0.25) is 0 Å². The summed E-state index contributed by atoms with van der Waals surface area (Å²) in [4.78, 5) is 27.3. The van der Waals surface area contributed by atoms with Gasteiger partial charge < -0.3 is 14.6 Å². The summed E-state index contributed by atoms with van der Waals surface area (Å²) >= 11 is 6.10. The largest absolute Gasteiger partial charge is 0.490 e. The number of carboxylic acids is 1. The summed E-state index contributed by atoms with van der Waals surface area (Å²) in [5.41, 5.74) is 3.67. The van der Waals surface area contributed by atoms with E-state index in [4.69, 9.17) is 21.1 Å². The van der Waals surface area contributed by atoms with E-state index in [1.165, 1.54) is 18.2 Å². The first-order chi connectivity index (χ1) is 17.5. The Kier molecular flexibility index (Phi) is 8.10. The number of fused-ring (bicyclic) bond motifs is 1. The summed E-state index contributed by atoms with van der Waals surface area (Å²) in [6.45, 7) is 2.44. The van der Waals surface area contributed by atoms with Crippen LogP contribution in [-0.4, -0.2) is 35.6 Å². The van der Waals surface area contributed by atoms with Gasteiger partial charge in [-0.2, -0.15) is 0 Å². The van der Waals surface area contributed by atoms with Crippen LogP contribution in [0.2, 0.25) is 5.02 Å². The van der Waals surface area contributed by atoms with E-state index in [1.54, 1.807) is 0 Å². The standard InChI is InChI=1S/C29H24ClNO5/c1-2-35-28(18-36-27-13-7-20(17-32)15-25(27)29(33)34)22-5-3-4-19(14-22)6-11-24-12-9-21-8-10-23(30)16-26(21)31-24/h3-17,28H,2,18H2,1H3,(H,33,34)/b11-6+. The molecule has 4 rings (SSSR count). The van der Waals surface area contributed by atoms with Gasteiger partial charge in [-0.1, -0.05) is 48.0 Å². The molecule has 3 aromatic carbocycles. The summed E-state index contributed by atoms with van der Waals surface area (Å²) in [6.07, 6.45) is 4.07. The zero-order chi connectivity index (χ0) is 25.5. The van der Waals surface area contributed by atoms with E-state index < -0.39 is 12.1 Å². The molecular weight excluding hydrogens is 478 g/mol. The lowest BCUT2D eigenvalue weighted by Crippen LogP contribution is -2.15. The third-order valence-corrected chi connectivity index (χ3v) is 5.77. The number of ether oxygens (including phenoxy) is 2. The second kappa shape index (κ2) is 11.6. The predicted octanol–water partition coefficient (Wildman–Crippen LogP) is 6.73. The van der Waals surface area contributed by atoms with Crippen LogP contribution in [0.5, 0.6) is 5.75 Å². The number of nitrogens with zero attached hydrogens (tertiary/aromatic N) is 1. The molecule has 182 valence electrons. The minimum atomic E-state index is -1.17. The fourth-order valence-electron chi connectivity index (χ4n) is 3.76.